The van der Waals surface area contributed by atoms with Gasteiger partial charge in [0.2, 0.25) is 0 Å². The van der Waals surface area contributed by atoms with E-state index in [0.717, 1.165) is 27.8 Å². The van der Waals surface area contributed by atoms with Crippen LogP contribution in [0.15, 0.2) is 118 Å². The Labute approximate surface area is 277 Å². The molecule has 7 nitrogen and oxygen atoms in total. The molecule has 5 aromatic rings. The summed E-state index contributed by atoms with van der Waals surface area (Å²) in [5.74, 6) is 0.516. The van der Waals surface area contributed by atoms with E-state index in [-0.39, 0.29) is 12.2 Å². The first-order valence-electron chi connectivity index (χ1n) is 15.5. The molecule has 0 bridgehead atoms. The molecule has 0 saturated heterocycles. The lowest BCUT2D eigenvalue weighted by atomic mass is 9.91. The van der Waals surface area contributed by atoms with Crippen LogP contribution in [0.3, 0.4) is 0 Å². The average Bonchev–Trinajstić information content (AvgIpc) is 3.41. The van der Waals surface area contributed by atoms with Crippen molar-refractivity contribution >= 4 is 29.1 Å². The molecule has 0 saturated carbocycles. The van der Waals surface area contributed by atoms with E-state index in [1.54, 1.807) is 23.6 Å². The van der Waals surface area contributed by atoms with Crippen LogP contribution >= 0.6 is 11.3 Å². The van der Waals surface area contributed by atoms with Crippen LogP contribution in [0.1, 0.15) is 66.1 Å². The summed E-state index contributed by atoms with van der Waals surface area (Å²) < 4.78 is 13.6. The van der Waals surface area contributed by atoms with Crippen molar-refractivity contribution in [3.8, 4) is 11.8 Å². The molecule has 8 heteroatoms. The number of nitrogens with zero attached hydrogens (tertiary/aromatic N) is 3. The minimum Gasteiger partial charge on any atom is -0.489 e. The fraction of sp³-hybridized carbons (Fsp3) is 0.179. The molecule has 6 rings (SSSR count). The Hall–Kier alpha value is -5.52. The quantitative estimate of drug-likeness (QED) is 0.172. The van der Waals surface area contributed by atoms with Gasteiger partial charge in [0.05, 0.1) is 40.1 Å². The van der Waals surface area contributed by atoms with E-state index in [1.165, 1.54) is 11.3 Å². The smallest absolute Gasteiger partial charge is 0.338 e. The molecule has 0 unspecified atom stereocenters. The molecule has 0 N–H and O–H groups in total. The van der Waals surface area contributed by atoms with Crippen LogP contribution in [0.4, 0.5) is 0 Å². The van der Waals surface area contributed by atoms with Gasteiger partial charge in [-0.2, -0.15) is 5.26 Å². The van der Waals surface area contributed by atoms with Crippen LogP contribution in [-0.4, -0.2) is 17.1 Å². The molecule has 0 aliphatic carbocycles. The van der Waals surface area contributed by atoms with Crippen molar-refractivity contribution < 1.29 is 14.3 Å². The largest absolute Gasteiger partial charge is 0.489 e. The van der Waals surface area contributed by atoms with Crippen LogP contribution in [0, 0.1) is 11.3 Å². The zero-order valence-corrected chi connectivity index (χ0v) is 27.2. The Morgan fingerprint density at radius 2 is 1.68 bits per heavy atom. The molecule has 0 radical (unpaired) electrons. The number of hydrogen-bond donors (Lipinski definition) is 0. The maximum atomic E-state index is 14.2. The number of fused-ring (bicyclic) bond motifs is 1. The molecule has 0 amide bonds. The number of carbonyl (C=O) groups excluding carboxylic acids is 1. The van der Waals surface area contributed by atoms with Gasteiger partial charge < -0.3 is 9.47 Å². The van der Waals surface area contributed by atoms with Crippen LogP contribution < -0.4 is 19.6 Å². The standard InChI is InChI=1S/C39H33N3O4S/c1-4-45-38(44)34-35(30-8-6-5-7-9-30)41-39-42(36(34)31-18-16-29(17-19-31)25(2)3)37(43)33(47-39)22-26-14-20-32(21-15-26)46-24-28-12-10-27(23-40)11-13-28/h5-22,25,36H,4,24H2,1-3H3/b33-22-/t36-/m1/s1. The van der Waals surface area contributed by atoms with Gasteiger partial charge in [-0.1, -0.05) is 104 Å². The van der Waals surface area contributed by atoms with Crippen molar-refractivity contribution in [2.45, 2.75) is 39.3 Å². The zero-order chi connectivity index (χ0) is 32.9. The molecular formula is C39H33N3O4S. The number of ether oxygens (including phenoxy) is 2. The topological polar surface area (TPSA) is 93.7 Å². The third kappa shape index (κ3) is 6.71. The highest BCUT2D eigenvalue weighted by atomic mass is 32.1. The van der Waals surface area contributed by atoms with E-state index in [4.69, 9.17) is 19.7 Å². The Bertz CT molecular complexity index is 2160. The summed E-state index contributed by atoms with van der Waals surface area (Å²) in [5.41, 5.74) is 5.72. The summed E-state index contributed by atoms with van der Waals surface area (Å²) in [7, 11) is 0. The van der Waals surface area contributed by atoms with Gasteiger partial charge in [-0.05, 0) is 65.4 Å². The lowest BCUT2D eigenvalue weighted by Gasteiger charge is -2.26. The maximum absolute atomic E-state index is 14.2. The highest BCUT2D eigenvalue weighted by molar-refractivity contribution is 7.07. The van der Waals surface area contributed by atoms with Gasteiger partial charge in [0.15, 0.2) is 4.80 Å². The minimum atomic E-state index is -0.720. The first-order chi connectivity index (χ1) is 22.9. The number of benzene rings is 4. The summed E-state index contributed by atoms with van der Waals surface area (Å²) in [6, 6.07) is 33.8. The van der Waals surface area contributed by atoms with E-state index in [1.807, 2.05) is 97.1 Å². The Morgan fingerprint density at radius 1 is 0.979 bits per heavy atom. The van der Waals surface area contributed by atoms with E-state index in [2.05, 4.69) is 19.9 Å². The van der Waals surface area contributed by atoms with Crippen LogP contribution in [0.5, 0.6) is 5.75 Å². The fourth-order valence-corrected chi connectivity index (χ4v) is 6.47. The zero-order valence-electron chi connectivity index (χ0n) is 26.3. The monoisotopic (exact) mass is 639 g/mol. The SMILES string of the molecule is CCOC(=O)C1=C(c2ccccc2)N=c2s/c(=C\c3ccc(OCc4ccc(C#N)cc4)cc3)c(=O)n2[C@@H]1c1ccc(C(C)C)cc1. The van der Waals surface area contributed by atoms with Crippen molar-refractivity contribution in [2.24, 2.45) is 4.99 Å². The van der Waals surface area contributed by atoms with Crippen molar-refractivity contribution in [3.63, 3.8) is 0 Å². The maximum Gasteiger partial charge on any atom is 0.338 e. The van der Waals surface area contributed by atoms with Crippen molar-refractivity contribution in [2.75, 3.05) is 6.61 Å². The molecule has 1 atom stereocenters. The normalized spacial score (nSPS) is 14.4. The van der Waals surface area contributed by atoms with E-state index < -0.39 is 12.0 Å². The molecule has 1 aromatic heterocycles. The number of hydrogen-bond acceptors (Lipinski definition) is 7. The van der Waals surface area contributed by atoms with E-state index in [9.17, 15) is 9.59 Å². The van der Waals surface area contributed by atoms with Gasteiger partial charge in [-0.25, -0.2) is 9.79 Å². The first-order valence-corrected chi connectivity index (χ1v) is 16.3. The van der Waals surface area contributed by atoms with Gasteiger partial charge in [0, 0.05) is 5.56 Å². The van der Waals surface area contributed by atoms with Gasteiger partial charge in [-0.3, -0.25) is 9.36 Å². The molecule has 1 aliphatic rings. The van der Waals surface area contributed by atoms with Crippen LogP contribution in [0.2, 0.25) is 0 Å². The number of thiazole rings is 1. The third-order valence-corrected chi connectivity index (χ3v) is 8.94. The number of carbonyl (C=O) groups is 1. The van der Waals surface area contributed by atoms with Crippen molar-refractivity contribution in [3.05, 3.63) is 162 Å². The molecule has 47 heavy (non-hydrogen) atoms. The average molecular weight is 640 g/mol. The summed E-state index contributed by atoms with van der Waals surface area (Å²) in [5, 5.41) is 9.01. The van der Waals surface area contributed by atoms with E-state index >= 15 is 0 Å². The second kappa shape index (κ2) is 13.9. The Morgan fingerprint density at radius 3 is 2.32 bits per heavy atom. The van der Waals surface area contributed by atoms with Gasteiger partial charge in [0.25, 0.3) is 5.56 Å². The number of esters is 1. The van der Waals surface area contributed by atoms with Gasteiger partial charge >= 0.3 is 5.97 Å². The van der Waals surface area contributed by atoms with Crippen LogP contribution in [-0.2, 0) is 16.1 Å². The predicted molar refractivity (Wildman–Crippen MR) is 184 cm³/mol. The second-order valence-electron chi connectivity index (χ2n) is 11.4. The highest BCUT2D eigenvalue weighted by Gasteiger charge is 2.35. The summed E-state index contributed by atoms with van der Waals surface area (Å²) in [6.07, 6.45) is 1.84. The van der Waals surface area contributed by atoms with Gasteiger partial charge in [0.1, 0.15) is 12.4 Å². The molecule has 0 spiro atoms. The number of nitriles is 1. The molecule has 4 aromatic carbocycles. The number of aromatic nitrogens is 1. The molecule has 0 fully saturated rings. The summed E-state index contributed by atoms with van der Waals surface area (Å²) in [4.78, 5) is 33.3. The van der Waals surface area contributed by atoms with Crippen molar-refractivity contribution in [1.29, 1.82) is 5.26 Å². The summed E-state index contributed by atoms with van der Waals surface area (Å²) >= 11 is 1.29. The lowest BCUT2D eigenvalue weighted by molar-refractivity contribution is -0.138. The lowest BCUT2D eigenvalue weighted by Crippen LogP contribution is -2.40. The van der Waals surface area contributed by atoms with Crippen LogP contribution in [0.25, 0.3) is 11.8 Å². The molecular weight excluding hydrogens is 607 g/mol. The first kappa shape index (κ1) is 31.5. The van der Waals surface area contributed by atoms with Crippen molar-refractivity contribution in [1.82, 2.24) is 4.57 Å². The molecule has 1 aliphatic heterocycles. The fourth-order valence-electron chi connectivity index (χ4n) is 5.47. The minimum absolute atomic E-state index is 0.195. The number of rotatable bonds is 9. The Balaban J connectivity index is 1.41. The van der Waals surface area contributed by atoms with Gasteiger partial charge in [-0.15, -0.1) is 0 Å². The van der Waals surface area contributed by atoms with E-state index in [0.29, 0.717) is 44.4 Å². The third-order valence-electron chi connectivity index (χ3n) is 7.96. The molecule has 2 heterocycles. The summed E-state index contributed by atoms with van der Waals surface area (Å²) in [6.45, 7) is 6.59. The Kier molecular flexibility index (Phi) is 9.28. The molecule has 234 valence electrons. The highest BCUT2D eigenvalue weighted by Crippen LogP contribution is 2.35. The predicted octanol–water partition coefficient (Wildman–Crippen LogP) is 6.51. The second-order valence-corrected chi connectivity index (χ2v) is 12.4.